The first-order chi connectivity index (χ1) is 5.81. The van der Waals surface area contributed by atoms with Crippen molar-refractivity contribution in [2.24, 2.45) is 0 Å². The standard InChI is InChI=1S/C8H15BrO3/c1-11-8(10)12-7-5-3-2-4-6-9/h2-7H2,1H3. The molecule has 0 amide bonds. The minimum absolute atomic E-state index is 0.467. The van der Waals surface area contributed by atoms with Crippen LogP contribution in [0.25, 0.3) is 0 Å². The number of rotatable bonds is 6. The van der Waals surface area contributed by atoms with Gasteiger partial charge in [-0.3, -0.25) is 0 Å². The number of methoxy groups -OCH3 is 1. The maximum absolute atomic E-state index is 10.4. The molecule has 0 fully saturated rings. The van der Waals surface area contributed by atoms with Gasteiger partial charge < -0.3 is 9.47 Å². The highest BCUT2D eigenvalue weighted by atomic mass is 79.9. The SMILES string of the molecule is COC(=O)OCCCCCCBr. The zero-order chi connectivity index (χ0) is 9.23. The monoisotopic (exact) mass is 238 g/mol. The number of hydrogen-bond acceptors (Lipinski definition) is 3. The van der Waals surface area contributed by atoms with Crippen LogP contribution in [0.5, 0.6) is 0 Å². The fourth-order valence-electron chi connectivity index (χ4n) is 0.765. The van der Waals surface area contributed by atoms with Crippen LogP contribution in [0.1, 0.15) is 25.7 Å². The predicted octanol–water partition coefficient (Wildman–Crippen LogP) is 2.72. The van der Waals surface area contributed by atoms with Gasteiger partial charge >= 0.3 is 6.16 Å². The van der Waals surface area contributed by atoms with Gasteiger partial charge in [-0.25, -0.2) is 4.79 Å². The Kier molecular flexibility index (Phi) is 8.66. The third kappa shape index (κ3) is 7.85. The summed E-state index contributed by atoms with van der Waals surface area (Å²) in [5.74, 6) is 0. The molecule has 72 valence electrons. The van der Waals surface area contributed by atoms with Crippen LogP contribution in [0.4, 0.5) is 4.79 Å². The van der Waals surface area contributed by atoms with E-state index in [-0.39, 0.29) is 0 Å². The van der Waals surface area contributed by atoms with E-state index in [0.29, 0.717) is 6.61 Å². The molecule has 12 heavy (non-hydrogen) atoms. The topological polar surface area (TPSA) is 35.5 Å². The van der Waals surface area contributed by atoms with Crippen molar-refractivity contribution >= 4 is 22.1 Å². The third-order valence-corrected chi connectivity index (χ3v) is 1.98. The smallest absolute Gasteiger partial charge is 0.438 e. The lowest BCUT2D eigenvalue weighted by molar-refractivity contribution is 0.0713. The van der Waals surface area contributed by atoms with E-state index >= 15 is 0 Å². The zero-order valence-electron chi connectivity index (χ0n) is 7.35. The summed E-state index contributed by atoms with van der Waals surface area (Å²) >= 11 is 3.35. The molecule has 3 nitrogen and oxygen atoms in total. The number of carbonyl (C=O) groups is 1. The van der Waals surface area contributed by atoms with Gasteiger partial charge in [0.2, 0.25) is 0 Å². The minimum atomic E-state index is -0.588. The molecule has 0 heterocycles. The summed E-state index contributed by atoms with van der Waals surface area (Å²) in [5, 5.41) is 1.05. The van der Waals surface area contributed by atoms with Gasteiger partial charge in [0, 0.05) is 5.33 Å². The van der Waals surface area contributed by atoms with Gasteiger partial charge in [0.15, 0.2) is 0 Å². The van der Waals surface area contributed by atoms with Crippen molar-refractivity contribution in [2.75, 3.05) is 19.0 Å². The largest absolute Gasteiger partial charge is 0.507 e. The van der Waals surface area contributed by atoms with Crippen LogP contribution in [0, 0.1) is 0 Å². The molecule has 0 saturated carbocycles. The molecule has 0 atom stereocenters. The van der Waals surface area contributed by atoms with Crippen LogP contribution >= 0.6 is 15.9 Å². The van der Waals surface area contributed by atoms with Gasteiger partial charge in [0.05, 0.1) is 13.7 Å². The van der Waals surface area contributed by atoms with E-state index in [1.807, 2.05) is 0 Å². The van der Waals surface area contributed by atoms with Gasteiger partial charge in [-0.2, -0.15) is 0 Å². The van der Waals surface area contributed by atoms with Gasteiger partial charge in [-0.1, -0.05) is 28.8 Å². The molecule has 0 radical (unpaired) electrons. The molecule has 0 saturated heterocycles. The molecule has 0 aromatic carbocycles. The van der Waals surface area contributed by atoms with Gasteiger partial charge in [0.1, 0.15) is 0 Å². The van der Waals surface area contributed by atoms with Crippen molar-refractivity contribution < 1.29 is 14.3 Å². The predicted molar refractivity (Wildman–Crippen MR) is 50.6 cm³/mol. The van der Waals surface area contributed by atoms with Gasteiger partial charge in [0.25, 0.3) is 0 Å². The Morgan fingerprint density at radius 2 is 1.92 bits per heavy atom. The Bertz CT molecular complexity index is 117. The fourth-order valence-corrected chi connectivity index (χ4v) is 1.16. The molecular formula is C8H15BrO3. The van der Waals surface area contributed by atoms with E-state index in [1.165, 1.54) is 20.0 Å². The van der Waals surface area contributed by atoms with Crippen LogP contribution < -0.4 is 0 Å². The molecule has 0 aromatic rings. The normalized spacial score (nSPS) is 9.50. The Hall–Kier alpha value is -0.250. The molecule has 0 aliphatic heterocycles. The van der Waals surface area contributed by atoms with Crippen molar-refractivity contribution in [1.29, 1.82) is 0 Å². The summed E-state index contributed by atoms with van der Waals surface area (Å²) in [6, 6.07) is 0. The number of unbranched alkanes of at least 4 members (excludes halogenated alkanes) is 3. The van der Waals surface area contributed by atoms with Gasteiger partial charge in [-0.15, -0.1) is 0 Å². The highest BCUT2D eigenvalue weighted by molar-refractivity contribution is 9.09. The van der Waals surface area contributed by atoms with E-state index in [4.69, 9.17) is 4.74 Å². The Balaban J connectivity index is 2.95. The average Bonchev–Trinajstić information content (AvgIpc) is 2.10. The zero-order valence-corrected chi connectivity index (χ0v) is 8.93. The Morgan fingerprint density at radius 3 is 2.50 bits per heavy atom. The van der Waals surface area contributed by atoms with Crippen LogP contribution in [-0.2, 0) is 9.47 Å². The number of halogens is 1. The molecular weight excluding hydrogens is 224 g/mol. The average molecular weight is 239 g/mol. The highest BCUT2D eigenvalue weighted by Gasteiger charge is 1.98. The number of carbonyl (C=O) groups excluding carboxylic acids is 1. The van der Waals surface area contributed by atoms with Crippen LogP contribution in [0.3, 0.4) is 0 Å². The molecule has 0 unspecified atom stereocenters. The molecule has 0 rings (SSSR count). The quantitative estimate of drug-likeness (QED) is 0.406. The summed E-state index contributed by atoms with van der Waals surface area (Å²) in [6.07, 6.45) is 3.79. The number of ether oxygens (including phenoxy) is 2. The first kappa shape index (κ1) is 11.8. The van der Waals surface area contributed by atoms with E-state index in [0.717, 1.165) is 18.2 Å². The molecule has 0 aliphatic carbocycles. The molecule has 0 aromatic heterocycles. The van der Waals surface area contributed by atoms with E-state index in [9.17, 15) is 4.79 Å². The highest BCUT2D eigenvalue weighted by Crippen LogP contribution is 2.02. The molecule has 0 aliphatic rings. The molecule has 4 heteroatoms. The maximum atomic E-state index is 10.4. The van der Waals surface area contributed by atoms with E-state index in [2.05, 4.69) is 20.7 Å². The summed E-state index contributed by atoms with van der Waals surface area (Å²) in [6.45, 7) is 0.467. The van der Waals surface area contributed by atoms with Crippen molar-refractivity contribution in [3.8, 4) is 0 Å². The summed E-state index contributed by atoms with van der Waals surface area (Å²) in [7, 11) is 1.31. The fraction of sp³-hybridized carbons (Fsp3) is 0.875. The summed E-state index contributed by atoms with van der Waals surface area (Å²) < 4.78 is 9.01. The van der Waals surface area contributed by atoms with Crippen LogP contribution in [-0.4, -0.2) is 25.2 Å². The van der Waals surface area contributed by atoms with Crippen molar-refractivity contribution in [1.82, 2.24) is 0 Å². The van der Waals surface area contributed by atoms with Crippen molar-refractivity contribution in [2.45, 2.75) is 25.7 Å². The third-order valence-electron chi connectivity index (χ3n) is 1.41. The molecule has 0 N–H and O–H groups in total. The molecule has 0 bridgehead atoms. The second kappa shape index (κ2) is 8.84. The van der Waals surface area contributed by atoms with Crippen molar-refractivity contribution in [3.05, 3.63) is 0 Å². The molecule has 0 spiro atoms. The van der Waals surface area contributed by atoms with Crippen molar-refractivity contribution in [3.63, 3.8) is 0 Å². The minimum Gasteiger partial charge on any atom is -0.438 e. The summed E-state index contributed by atoms with van der Waals surface area (Å²) in [5.41, 5.74) is 0. The summed E-state index contributed by atoms with van der Waals surface area (Å²) in [4.78, 5) is 10.4. The van der Waals surface area contributed by atoms with E-state index < -0.39 is 6.16 Å². The van der Waals surface area contributed by atoms with Gasteiger partial charge in [-0.05, 0) is 12.8 Å². The lowest BCUT2D eigenvalue weighted by Crippen LogP contribution is -2.05. The first-order valence-corrected chi connectivity index (χ1v) is 5.20. The maximum Gasteiger partial charge on any atom is 0.507 e. The van der Waals surface area contributed by atoms with Crippen LogP contribution in [0.2, 0.25) is 0 Å². The Morgan fingerprint density at radius 1 is 1.25 bits per heavy atom. The second-order valence-electron chi connectivity index (χ2n) is 2.41. The number of alkyl halides is 1. The number of hydrogen-bond donors (Lipinski definition) is 0. The van der Waals surface area contributed by atoms with E-state index in [1.54, 1.807) is 0 Å². The lowest BCUT2D eigenvalue weighted by Gasteiger charge is -2.01. The van der Waals surface area contributed by atoms with Crippen LogP contribution in [0.15, 0.2) is 0 Å². The second-order valence-corrected chi connectivity index (χ2v) is 3.20. The lowest BCUT2D eigenvalue weighted by atomic mass is 10.2. The Labute approximate surface area is 81.6 Å². The first-order valence-electron chi connectivity index (χ1n) is 4.08.